The first-order chi connectivity index (χ1) is 14.9. The minimum atomic E-state index is -2.92. The molecule has 0 aliphatic carbocycles. The number of H-pyrrole nitrogens is 1. The lowest BCUT2D eigenvalue weighted by molar-refractivity contribution is 0.0175. The molecule has 0 bridgehead atoms. The lowest BCUT2D eigenvalue weighted by atomic mass is 9.94. The van der Waals surface area contributed by atoms with Crippen molar-refractivity contribution < 1.29 is 13.3 Å². The van der Waals surface area contributed by atoms with Gasteiger partial charge in [-0.3, -0.25) is 4.79 Å². The van der Waals surface area contributed by atoms with Crippen molar-refractivity contribution >= 4 is 5.65 Å². The van der Waals surface area contributed by atoms with Crippen LogP contribution in [-0.2, 0) is 5.92 Å². The number of piperidine rings is 1. The Balaban J connectivity index is 1.52. The third kappa shape index (κ3) is 3.63. The molecule has 1 aliphatic heterocycles. The van der Waals surface area contributed by atoms with E-state index in [0.717, 1.165) is 38.5 Å². The summed E-state index contributed by atoms with van der Waals surface area (Å²) in [5.74, 6) is -2.24. The van der Waals surface area contributed by atoms with E-state index in [-0.39, 0.29) is 28.8 Å². The molecule has 0 spiro atoms. The van der Waals surface area contributed by atoms with E-state index in [0.29, 0.717) is 16.8 Å². The summed E-state index contributed by atoms with van der Waals surface area (Å²) in [6, 6.07) is 7.27. The molecule has 0 saturated carbocycles. The summed E-state index contributed by atoms with van der Waals surface area (Å²) >= 11 is 0. The Bertz CT molecular complexity index is 1280. The van der Waals surface area contributed by atoms with Crippen LogP contribution in [0, 0.1) is 0 Å². The molecule has 2 N–H and O–H groups in total. The average Bonchev–Trinajstić information content (AvgIpc) is 3.40. The Morgan fingerprint density at radius 1 is 1.19 bits per heavy atom. The van der Waals surface area contributed by atoms with Crippen LogP contribution in [0.15, 0.2) is 45.8 Å². The SMILES string of the molecule is CC(F)(F)c1ccc(-c2nc(-c3cnn4c(C5CCNCC5)cc(=O)[nH]c34)no2)cc1. The highest BCUT2D eigenvalue weighted by molar-refractivity contribution is 5.73. The molecule has 160 valence electrons. The Labute approximate surface area is 175 Å². The Kier molecular flexibility index (Phi) is 4.66. The molecule has 31 heavy (non-hydrogen) atoms. The number of halogens is 2. The molecule has 1 saturated heterocycles. The largest absolute Gasteiger partial charge is 0.334 e. The number of aromatic nitrogens is 5. The molecule has 10 heteroatoms. The number of hydrogen-bond donors (Lipinski definition) is 2. The van der Waals surface area contributed by atoms with Gasteiger partial charge < -0.3 is 14.8 Å². The first-order valence-corrected chi connectivity index (χ1v) is 10.0. The van der Waals surface area contributed by atoms with Gasteiger partial charge in [0.15, 0.2) is 0 Å². The van der Waals surface area contributed by atoms with Crippen molar-refractivity contribution in [3.63, 3.8) is 0 Å². The number of aromatic amines is 1. The fraction of sp³-hybridized carbons (Fsp3) is 0.333. The number of rotatable bonds is 4. The fourth-order valence-corrected chi connectivity index (χ4v) is 3.94. The molecule has 3 aromatic heterocycles. The van der Waals surface area contributed by atoms with Crippen LogP contribution in [0.1, 0.15) is 36.9 Å². The Hall–Kier alpha value is -3.40. The summed E-state index contributed by atoms with van der Waals surface area (Å²) < 4.78 is 33.9. The highest BCUT2D eigenvalue weighted by Crippen LogP contribution is 2.31. The predicted octanol–water partition coefficient (Wildman–Crippen LogP) is 3.32. The van der Waals surface area contributed by atoms with E-state index in [9.17, 15) is 13.6 Å². The molecule has 1 fully saturated rings. The van der Waals surface area contributed by atoms with Crippen LogP contribution in [0.2, 0.25) is 0 Å². The number of fused-ring (bicyclic) bond motifs is 1. The minimum absolute atomic E-state index is 0.0957. The fourth-order valence-electron chi connectivity index (χ4n) is 3.94. The van der Waals surface area contributed by atoms with E-state index in [1.54, 1.807) is 16.8 Å². The molecular formula is C21H20F2N6O2. The van der Waals surface area contributed by atoms with Gasteiger partial charge in [-0.05, 0) is 38.1 Å². The Morgan fingerprint density at radius 2 is 1.94 bits per heavy atom. The van der Waals surface area contributed by atoms with Gasteiger partial charge in [0, 0.05) is 30.0 Å². The summed E-state index contributed by atoms with van der Waals surface area (Å²) in [6.07, 6.45) is 3.44. The van der Waals surface area contributed by atoms with Crippen molar-refractivity contribution in [1.29, 1.82) is 0 Å². The predicted molar refractivity (Wildman–Crippen MR) is 109 cm³/mol. The zero-order valence-corrected chi connectivity index (χ0v) is 16.7. The van der Waals surface area contributed by atoms with Gasteiger partial charge in [-0.1, -0.05) is 17.3 Å². The average molecular weight is 426 g/mol. The van der Waals surface area contributed by atoms with Crippen molar-refractivity contribution in [1.82, 2.24) is 30.1 Å². The smallest absolute Gasteiger partial charge is 0.270 e. The van der Waals surface area contributed by atoms with Crippen LogP contribution in [0.4, 0.5) is 8.78 Å². The normalized spacial score (nSPS) is 15.6. The van der Waals surface area contributed by atoms with Crippen LogP contribution in [0.25, 0.3) is 28.5 Å². The van der Waals surface area contributed by atoms with Gasteiger partial charge >= 0.3 is 0 Å². The summed E-state index contributed by atoms with van der Waals surface area (Å²) in [5, 5.41) is 11.8. The van der Waals surface area contributed by atoms with Crippen molar-refractivity contribution in [3.05, 3.63) is 58.1 Å². The van der Waals surface area contributed by atoms with Crippen LogP contribution in [-0.4, -0.2) is 37.8 Å². The van der Waals surface area contributed by atoms with Gasteiger partial charge in [-0.25, -0.2) is 13.3 Å². The third-order valence-corrected chi connectivity index (χ3v) is 5.60. The zero-order chi connectivity index (χ0) is 21.6. The van der Waals surface area contributed by atoms with Gasteiger partial charge in [0.25, 0.3) is 17.4 Å². The van der Waals surface area contributed by atoms with E-state index >= 15 is 0 Å². The summed E-state index contributed by atoms with van der Waals surface area (Å²) in [5.41, 5.74) is 2.08. The van der Waals surface area contributed by atoms with Gasteiger partial charge in [0.1, 0.15) is 5.65 Å². The minimum Gasteiger partial charge on any atom is -0.334 e. The zero-order valence-electron chi connectivity index (χ0n) is 16.7. The molecule has 4 heterocycles. The van der Waals surface area contributed by atoms with E-state index in [2.05, 4.69) is 25.5 Å². The van der Waals surface area contributed by atoms with Gasteiger partial charge in [0.2, 0.25) is 5.82 Å². The second kappa shape index (κ2) is 7.38. The highest BCUT2D eigenvalue weighted by Gasteiger charge is 2.25. The van der Waals surface area contributed by atoms with Crippen molar-refractivity contribution in [2.75, 3.05) is 13.1 Å². The highest BCUT2D eigenvalue weighted by atomic mass is 19.3. The van der Waals surface area contributed by atoms with E-state index in [1.807, 2.05) is 0 Å². The lowest BCUT2D eigenvalue weighted by Crippen LogP contribution is -2.28. The first-order valence-electron chi connectivity index (χ1n) is 10.0. The number of hydrogen-bond acceptors (Lipinski definition) is 6. The van der Waals surface area contributed by atoms with Crippen molar-refractivity contribution in [3.8, 4) is 22.8 Å². The molecule has 0 unspecified atom stereocenters. The van der Waals surface area contributed by atoms with Gasteiger partial charge in [0.05, 0.1) is 17.5 Å². The Morgan fingerprint density at radius 3 is 2.65 bits per heavy atom. The maximum absolute atomic E-state index is 13.4. The quantitative estimate of drug-likeness (QED) is 0.519. The molecular weight excluding hydrogens is 406 g/mol. The van der Waals surface area contributed by atoms with Gasteiger partial charge in [-0.15, -0.1) is 0 Å². The third-order valence-electron chi connectivity index (χ3n) is 5.60. The lowest BCUT2D eigenvalue weighted by Gasteiger charge is -2.23. The number of nitrogens with zero attached hydrogens (tertiary/aromatic N) is 4. The second-order valence-electron chi connectivity index (χ2n) is 7.79. The van der Waals surface area contributed by atoms with E-state index < -0.39 is 5.92 Å². The van der Waals surface area contributed by atoms with Crippen LogP contribution in [0.5, 0.6) is 0 Å². The molecule has 5 rings (SSSR count). The van der Waals surface area contributed by atoms with E-state index in [4.69, 9.17) is 4.52 Å². The molecule has 1 aromatic carbocycles. The maximum Gasteiger partial charge on any atom is 0.270 e. The second-order valence-corrected chi connectivity index (χ2v) is 7.79. The molecule has 1 aliphatic rings. The maximum atomic E-state index is 13.4. The first kappa shape index (κ1) is 19.6. The number of nitrogens with one attached hydrogen (secondary N) is 2. The van der Waals surface area contributed by atoms with Crippen molar-refractivity contribution in [2.24, 2.45) is 0 Å². The van der Waals surface area contributed by atoms with Crippen LogP contribution < -0.4 is 10.9 Å². The molecule has 0 atom stereocenters. The molecule has 0 amide bonds. The monoisotopic (exact) mass is 426 g/mol. The number of benzene rings is 1. The number of alkyl halides is 2. The van der Waals surface area contributed by atoms with Crippen LogP contribution in [0.3, 0.4) is 0 Å². The standard InChI is InChI=1S/C21H20F2N6O2/c1-21(22,23)14-4-2-13(3-5-14)20-27-18(28-31-20)15-11-25-29-16(10-17(30)26-19(15)29)12-6-8-24-9-7-12/h2-5,10-12,24H,6-9H2,1H3,(H,26,30). The molecule has 8 nitrogen and oxygen atoms in total. The van der Waals surface area contributed by atoms with E-state index in [1.165, 1.54) is 24.3 Å². The summed E-state index contributed by atoms with van der Waals surface area (Å²) in [4.78, 5) is 19.5. The summed E-state index contributed by atoms with van der Waals surface area (Å²) in [7, 11) is 0. The molecule has 0 radical (unpaired) electrons. The topological polar surface area (TPSA) is 101 Å². The summed E-state index contributed by atoms with van der Waals surface area (Å²) in [6.45, 7) is 2.63. The molecule has 4 aromatic rings. The van der Waals surface area contributed by atoms with Gasteiger partial charge in [-0.2, -0.15) is 10.1 Å². The van der Waals surface area contributed by atoms with Crippen molar-refractivity contribution in [2.45, 2.75) is 31.6 Å². The van der Waals surface area contributed by atoms with Crippen LogP contribution >= 0.6 is 0 Å².